The van der Waals surface area contributed by atoms with Crippen LogP contribution in [0, 0.1) is 6.92 Å². The van der Waals surface area contributed by atoms with Crippen LogP contribution in [-0.2, 0) is 28.9 Å². The number of aromatic hydroxyl groups is 1. The van der Waals surface area contributed by atoms with Gasteiger partial charge < -0.3 is 34.9 Å². The van der Waals surface area contributed by atoms with E-state index in [1.807, 2.05) is 19.1 Å². The molecule has 2 amide bonds. The van der Waals surface area contributed by atoms with E-state index < -0.39 is 23.6 Å². The highest BCUT2D eigenvalue weighted by atomic mass is 35.5. The SMILES string of the molecule is COCCOc1cccc(Cl)c1Cn1c2c(c(O)c(NC(=O)N[C@@H](CC(=O)O)c3ccc(C)cc3)c1=O)CCC2. The predicted octanol–water partition coefficient (Wildman–Crippen LogP) is 4.42. The second kappa shape index (κ2) is 12.9. The van der Waals surface area contributed by atoms with Gasteiger partial charge in [-0.25, -0.2) is 4.79 Å². The number of carboxylic acids is 1. The molecule has 0 bridgehead atoms. The zero-order chi connectivity index (χ0) is 28.8. The molecule has 1 aromatic heterocycles. The third kappa shape index (κ3) is 6.57. The van der Waals surface area contributed by atoms with Crippen LogP contribution in [0.4, 0.5) is 10.5 Å². The number of hydrogen-bond donors (Lipinski definition) is 4. The summed E-state index contributed by atoms with van der Waals surface area (Å²) in [6, 6.07) is 10.6. The van der Waals surface area contributed by atoms with E-state index in [4.69, 9.17) is 21.1 Å². The summed E-state index contributed by atoms with van der Waals surface area (Å²) in [5.74, 6) is -0.889. The maximum atomic E-state index is 13.7. The molecule has 0 fully saturated rings. The second-order valence-corrected chi connectivity index (χ2v) is 10.0. The first-order valence-electron chi connectivity index (χ1n) is 12.9. The third-order valence-corrected chi connectivity index (χ3v) is 7.19. The van der Waals surface area contributed by atoms with Crippen LogP contribution < -0.4 is 20.9 Å². The topological polar surface area (TPSA) is 139 Å². The molecule has 2 aromatic carbocycles. The van der Waals surface area contributed by atoms with Crippen LogP contribution in [0.3, 0.4) is 0 Å². The number of pyridine rings is 1. The van der Waals surface area contributed by atoms with E-state index in [1.165, 1.54) is 4.57 Å². The van der Waals surface area contributed by atoms with Crippen molar-refractivity contribution in [2.24, 2.45) is 0 Å². The lowest BCUT2D eigenvalue weighted by atomic mass is 10.0. The van der Waals surface area contributed by atoms with Crippen molar-refractivity contribution < 1.29 is 29.3 Å². The first-order chi connectivity index (χ1) is 19.2. The number of aliphatic carboxylic acids is 1. The smallest absolute Gasteiger partial charge is 0.319 e. The predicted molar refractivity (Wildman–Crippen MR) is 151 cm³/mol. The van der Waals surface area contributed by atoms with Crippen molar-refractivity contribution in [1.82, 2.24) is 9.88 Å². The van der Waals surface area contributed by atoms with E-state index in [-0.39, 0.29) is 31.0 Å². The average molecular weight is 570 g/mol. The van der Waals surface area contributed by atoms with E-state index in [1.54, 1.807) is 37.4 Å². The summed E-state index contributed by atoms with van der Waals surface area (Å²) in [4.78, 5) is 38.2. The summed E-state index contributed by atoms with van der Waals surface area (Å²) in [6.45, 7) is 2.62. The number of ether oxygens (including phenoxy) is 2. The van der Waals surface area contributed by atoms with Crippen LogP contribution in [0.2, 0.25) is 5.02 Å². The number of rotatable bonds is 11. The highest BCUT2D eigenvalue weighted by Crippen LogP contribution is 2.35. The molecule has 4 N–H and O–H groups in total. The molecule has 0 saturated heterocycles. The van der Waals surface area contributed by atoms with Gasteiger partial charge in [0.05, 0.1) is 25.6 Å². The fraction of sp³-hybridized carbons (Fsp3) is 0.345. The van der Waals surface area contributed by atoms with Crippen LogP contribution in [0.25, 0.3) is 0 Å². The van der Waals surface area contributed by atoms with Gasteiger partial charge in [0.2, 0.25) is 0 Å². The fourth-order valence-corrected chi connectivity index (χ4v) is 5.05. The third-order valence-electron chi connectivity index (χ3n) is 6.84. The number of urea groups is 1. The van der Waals surface area contributed by atoms with Gasteiger partial charge in [-0.3, -0.25) is 9.59 Å². The van der Waals surface area contributed by atoms with Gasteiger partial charge in [0.25, 0.3) is 5.56 Å². The fourth-order valence-electron chi connectivity index (χ4n) is 4.82. The van der Waals surface area contributed by atoms with Crippen molar-refractivity contribution in [3.05, 3.63) is 85.8 Å². The molecule has 11 heteroatoms. The lowest BCUT2D eigenvalue weighted by Crippen LogP contribution is -2.37. The zero-order valence-electron chi connectivity index (χ0n) is 22.3. The number of aromatic nitrogens is 1. The van der Waals surface area contributed by atoms with Crippen molar-refractivity contribution >= 4 is 29.3 Å². The van der Waals surface area contributed by atoms with Crippen molar-refractivity contribution in [2.45, 2.75) is 45.2 Å². The Bertz CT molecular complexity index is 1450. The lowest BCUT2D eigenvalue weighted by Gasteiger charge is -2.21. The molecule has 40 heavy (non-hydrogen) atoms. The van der Waals surface area contributed by atoms with E-state index in [0.29, 0.717) is 52.6 Å². The van der Waals surface area contributed by atoms with E-state index in [0.717, 1.165) is 12.0 Å². The molecular formula is C29H32ClN3O7. The molecule has 1 aliphatic rings. The molecule has 1 atom stereocenters. The minimum atomic E-state index is -1.10. The molecule has 0 spiro atoms. The normalized spacial score (nSPS) is 13.0. The molecule has 0 radical (unpaired) electrons. The van der Waals surface area contributed by atoms with Gasteiger partial charge in [-0.1, -0.05) is 47.5 Å². The standard InChI is InChI=1S/C29H32ClN3O7/c1-17-9-11-18(12-10-17)22(15-25(34)35)31-29(38)32-26-27(36)19-5-3-7-23(19)33(28(26)37)16-20-21(30)6-4-8-24(20)40-14-13-39-2/h4,6,8-12,22,36H,3,5,7,13-16H2,1-2H3,(H,34,35)(H2,31,32,38)/t22-/m0/s1. The first-order valence-corrected chi connectivity index (χ1v) is 13.3. The number of carboxylic acid groups (broad SMARTS) is 1. The quantitative estimate of drug-likeness (QED) is 0.251. The Labute approximate surface area is 236 Å². The Morgan fingerprint density at radius 1 is 1.12 bits per heavy atom. The number of nitrogens with zero attached hydrogens (tertiary/aromatic N) is 1. The molecule has 212 valence electrons. The molecule has 1 aliphatic carbocycles. The van der Waals surface area contributed by atoms with Gasteiger partial charge in [0.1, 0.15) is 18.1 Å². The van der Waals surface area contributed by atoms with E-state index in [2.05, 4.69) is 10.6 Å². The van der Waals surface area contributed by atoms with Crippen LogP contribution in [0.1, 0.15) is 46.8 Å². The highest BCUT2D eigenvalue weighted by molar-refractivity contribution is 6.31. The number of methoxy groups -OCH3 is 1. The summed E-state index contributed by atoms with van der Waals surface area (Å²) in [5, 5.41) is 25.9. The Kier molecular flexibility index (Phi) is 9.34. The molecular weight excluding hydrogens is 538 g/mol. The van der Waals surface area contributed by atoms with Gasteiger partial charge >= 0.3 is 12.0 Å². The number of amides is 2. The molecule has 3 aromatic rings. The molecule has 10 nitrogen and oxygen atoms in total. The van der Waals surface area contributed by atoms with Crippen molar-refractivity contribution in [2.75, 3.05) is 25.6 Å². The zero-order valence-corrected chi connectivity index (χ0v) is 23.1. The summed E-state index contributed by atoms with van der Waals surface area (Å²) in [7, 11) is 1.57. The number of carbonyl (C=O) groups excluding carboxylic acids is 1. The maximum absolute atomic E-state index is 13.7. The number of benzene rings is 2. The summed E-state index contributed by atoms with van der Waals surface area (Å²) in [5.41, 5.74) is 2.50. The maximum Gasteiger partial charge on any atom is 0.319 e. The van der Waals surface area contributed by atoms with E-state index >= 15 is 0 Å². The molecule has 0 aliphatic heterocycles. The number of aryl methyl sites for hydroxylation is 1. The number of fused-ring (bicyclic) bond motifs is 1. The van der Waals surface area contributed by atoms with Crippen LogP contribution in [-0.4, -0.2) is 47.1 Å². The monoisotopic (exact) mass is 569 g/mol. The Hall–Kier alpha value is -4.02. The lowest BCUT2D eigenvalue weighted by molar-refractivity contribution is -0.137. The van der Waals surface area contributed by atoms with Crippen LogP contribution in [0.5, 0.6) is 11.5 Å². The Morgan fingerprint density at radius 2 is 1.88 bits per heavy atom. The van der Waals surface area contributed by atoms with E-state index in [9.17, 15) is 24.6 Å². The summed E-state index contributed by atoms with van der Waals surface area (Å²) >= 11 is 6.51. The first kappa shape index (κ1) is 29.0. The van der Waals surface area contributed by atoms with Crippen LogP contribution >= 0.6 is 11.6 Å². The second-order valence-electron chi connectivity index (χ2n) is 9.61. The van der Waals surface area contributed by atoms with Crippen molar-refractivity contribution in [1.29, 1.82) is 0 Å². The molecule has 0 saturated carbocycles. The number of nitrogens with one attached hydrogen (secondary N) is 2. The summed E-state index contributed by atoms with van der Waals surface area (Å²) in [6.07, 6.45) is 1.46. The number of halogens is 1. The van der Waals surface area contributed by atoms with Crippen molar-refractivity contribution in [3.8, 4) is 11.5 Å². The molecule has 0 unspecified atom stereocenters. The van der Waals surface area contributed by atoms with Gasteiger partial charge in [-0.05, 0) is 43.9 Å². The minimum absolute atomic E-state index is 0.0603. The van der Waals surface area contributed by atoms with Crippen LogP contribution in [0.15, 0.2) is 47.3 Å². The molecule has 1 heterocycles. The summed E-state index contributed by atoms with van der Waals surface area (Å²) < 4.78 is 12.4. The molecule has 4 rings (SSSR count). The number of anilines is 1. The van der Waals surface area contributed by atoms with Gasteiger partial charge in [0.15, 0.2) is 5.69 Å². The number of carbonyl (C=O) groups is 2. The highest BCUT2D eigenvalue weighted by Gasteiger charge is 2.28. The van der Waals surface area contributed by atoms with Crippen molar-refractivity contribution in [3.63, 3.8) is 0 Å². The van der Waals surface area contributed by atoms with Gasteiger partial charge in [-0.15, -0.1) is 0 Å². The van der Waals surface area contributed by atoms with Gasteiger partial charge in [-0.2, -0.15) is 0 Å². The largest absolute Gasteiger partial charge is 0.505 e. The Morgan fingerprint density at radius 3 is 2.58 bits per heavy atom. The average Bonchev–Trinajstić information content (AvgIpc) is 3.40. The Balaban J connectivity index is 1.66. The number of hydrogen-bond acceptors (Lipinski definition) is 6. The van der Waals surface area contributed by atoms with Gasteiger partial charge in [0, 0.05) is 29.0 Å². The minimum Gasteiger partial charge on any atom is -0.505 e.